The molecular formula is C19H20N4O4. The smallest absolute Gasteiger partial charge is 0.290 e. The largest absolute Gasteiger partial charge is 0.493 e. The third-order valence-electron chi connectivity index (χ3n) is 3.86. The molecule has 140 valence electrons. The summed E-state index contributed by atoms with van der Waals surface area (Å²) in [4.78, 5) is 24.6. The Bertz CT molecular complexity index is 967. The third-order valence-corrected chi connectivity index (χ3v) is 3.86. The highest BCUT2D eigenvalue weighted by molar-refractivity contribution is 6.05. The lowest BCUT2D eigenvalue weighted by Crippen LogP contribution is -2.41. The first-order valence-electron chi connectivity index (χ1n) is 8.48. The fourth-order valence-electron chi connectivity index (χ4n) is 2.52. The lowest BCUT2D eigenvalue weighted by Gasteiger charge is -2.12. The lowest BCUT2D eigenvalue weighted by atomic mass is 10.2. The summed E-state index contributed by atoms with van der Waals surface area (Å²) in [6, 6.07) is 12.0. The van der Waals surface area contributed by atoms with Crippen LogP contribution < -0.4 is 20.3 Å². The van der Waals surface area contributed by atoms with Crippen LogP contribution in [0.25, 0.3) is 10.9 Å². The van der Waals surface area contributed by atoms with E-state index in [-0.39, 0.29) is 5.69 Å². The van der Waals surface area contributed by atoms with Crippen molar-refractivity contribution in [3.8, 4) is 11.5 Å². The second-order valence-corrected chi connectivity index (χ2v) is 5.74. The first-order valence-corrected chi connectivity index (χ1v) is 8.48. The van der Waals surface area contributed by atoms with E-state index < -0.39 is 11.8 Å². The number of ether oxygens (including phenoxy) is 2. The number of nitrogens with one attached hydrogen (secondary N) is 3. The standard InChI is InChI=1S/C19H20N4O4/c1-3-10-27-15-9-8-12(11-16(15)26-2)18(24)22-23-19(25)17-13-6-4-5-7-14(13)20-21-17/h4-9,11H,3,10H2,1-2H3,(H,20,21)(H,22,24)(H,23,25). The molecule has 0 saturated heterocycles. The topological polar surface area (TPSA) is 105 Å². The number of benzene rings is 2. The SMILES string of the molecule is CCCOc1ccc(C(=O)NNC(=O)c2n[nH]c3ccccc23)cc1OC. The van der Waals surface area contributed by atoms with Gasteiger partial charge in [-0.15, -0.1) is 0 Å². The zero-order valence-electron chi connectivity index (χ0n) is 15.0. The van der Waals surface area contributed by atoms with Crippen molar-refractivity contribution in [3.05, 3.63) is 53.7 Å². The molecule has 0 fully saturated rings. The van der Waals surface area contributed by atoms with Gasteiger partial charge >= 0.3 is 0 Å². The van der Waals surface area contributed by atoms with E-state index in [2.05, 4.69) is 21.0 Å². The van der Waals surface area contributed by atoms with E-state index in [1.165, 1.54) is 7.11 Å². The monoisotopic (exact) mass is 368 g/mol. The molecule has 0 radical (unpaired) electrons. The number of aromatic amines is 1. The molecule has 8 nitrogen and oxygen atoms in total. The first-order chi connectivity index (χ1) is 13.1. The van der Waals surface area contributed by atoms with Gasteiger partial charge in [0.15, 0.2) is 17.2 Å². The predicted octanol–water partition coefficient (Wildman–Crippen LogP) is 2.44. The summed E-state index contributed by atoms with van der Waals surface area (Å²) in [6.45, 7) is 2.55. The van der Waals surface area contributed by atoms with Crippen LogP contribution in [0.2, 0.25) is 0 Å². The van der Waals surface area contributed by atoms with Gasteiger partial charge in [-0.1, -0.05) is 25.1 Å². The van der Waals surface area contributed by atoms with E-state index in [4.69, 9.17) is 9.47 Å². The number of nitrogens with zero attached hydrogens (tertiary/aromatic N) is 1. The number of fused-ring (bicyclic) bond motifs is 1. The average molecular weight is 368 g/mol. The van der Waals surface area contributed by atoms with Crippen LogP contribution in [0.15, 0.2) is 42.5 Å². The zero-order chi connectivity index (χ0) is 19.2. The van der Waals surface area contributed by atoms with Gasteiger partial charge in [0.1, 0.15) is 0 Å². The van der Waals surface area contributed by atoms with Crippen molar-refractivity contribution >= 4 is 22.7 Å². The van der Waals surface area contributed by atoms with Gasteiger partial charge in [-0.2, -0.15) is 5.10 Å². The molecule has 2 aromatic carbocycles. The van der Waals surface area contributed by atoms with Crippen molar-refractivity contribution in [2.75, 3.05) is 13.7 Å². The Kier molecular flexibility index (Phi) is 5.55. The molecule has 0 unspecified atom stereocenters. The molecule has 1 heterocycles. The van der Waals surface area contributed by atoms with E-state index >= 15 is 0 Å². The first kappa shape index (κ1) is 18.2. The maximum Gasteiger partial charge on any atom is 0.290 e. The summed E-state index contributed by atoms with van der Waals surface area (Å²) in [7, 11) is 1.50. The Morgan fingerprint density at radius 2 is 1.85 bits per heavy atom. The van der Waals surface area contributed by atoms with Crippen molar-refractivity contribution in [3.63, 3.8) is 0 Å². The van der Waals surface area contributed by atoms with Crippen molar-refractivity contribution in [1.82, 2.24) is 21.0 Å². The molecule has 0 saturated carbocycles. The molecule has 8 heteroatoms. The summed E-state index contributed by atoms with van der Waals surface area (Å²) in [6.07, 6.45) is 0.860. The number of H-pyrrole nitrogens is 1. The number of hydrazine groups is 1. The molecule has 3 rings (SSSR count). The van der Waals surface area contributed by atoms with Crippen LogP contribution in [0.3, 0.4) is 0 Å². The van der Waals surface area contributed by atoms with Crippen molar-refractivity contribution in [1.29, 1.82) is 0 Å². The second-order valence-electron chi connectivity index (χ2n) is 5.74. The van der Waals surface area contributed by atoms with E-state index in [9.17, 15) is 9.59 Å². The minimum Gasteiger partial charge on any atom is -0.493 e. The normalized spacial score (nSPS) is 10.4. The molecule has 0 spiro atoms. The molecule has 3 N–H and O–H groups in total. The minimum atomic E-state index is -0.518. The maximum atomic E-state index is 12.3. The minimum absolute atomic E-state index is 0.201. The molecule has 0 aliphatic rings. The molecule has 27 heavy (non-hydrogen) atoms. The molecule has 0 atom stereocenters. The molecular weight excluding hydrogens is 348 g/mol. The number of hydrogen-bond acceptors (Lipinski definition) is 5. The summed E-state index contributed by atoms with van der Waals surface area (Å²) >= 11 is 0. The number of aromatic nitrogens is 2. The van der Waals surface area contributed by atoms with Crippen LogP contribution in [0.1, 0.15) is 34.2 Å². The zero-order valence-corrected chi connectivity index (χ0v) is 15.0. The van der Waals surface area contributed by atoms with Gasteiger partial charge in [-0.3, -0.25) is 25.5 Å². The Balaban J connectivity index is 1.67. The second kappa shape index (κ2) is 8.22. The van der Waals surface area contributed by atoms with Gasteiger partial charge < -0.3 is 9.47 Å². The highest BCUT2D eigenvalue weighted by Gasteiger charge is 2.16. The van der Waals surface area contributed by atoms with Gasteiger partial charge in [-0.25, -0.2) is 0 Å². The van der Waals surface area contributed by atoms with Gasteiger partial charge in [0.05, 0.1) is 19.2 Å². The molecule has 2 amide bonds. The molecule has 3 aromatic rings. The van der Waals surface area contributed by atoms with Gasteiger partial charge in [0.25, 0.3) is 11.8 Å². The number of para-hydroxylation sites is 1. The Morgan fingerprint density at radius 1 is 1.07 bits per heavy atom. The Labute approximate surface area is 155 Å². The number of carbonyl (C=O) groups excluding carboxylic acids is 2. The fraction of sp³-hybridized carbons (Fsp3) is 0.211. The highest BCUT2D eigenvalue weighted by Crippen LogP contribution is 2.28. The summed E-state index contributed by atoms with van der Waals surface area (Å²) in [5, 5.41) is 7.43. The molecule has 0 bridgehead atoms. The quantitative estimate of drug-likeness (QED) is 0.580. The highest BCUT2D eigenvalue weighted by atomic mass is 16.5. The number of carbonyl (C=O) groups is 2. The Hall–Kier alpha value is -3.55. The van der Waals surface area contributed by atoms with Crippen molar-refractivity contribution in [2.45, 2.75) is 13.3 Å². The predicted molar refractivity (Wildman–Crippen MR) is 99.8 cm³/mol. The van der Waals surface area contributed by atoms with E-state index in [1.54, 1.807) is 24.3 Å². The summed E-state index contributed by atoms with van der Waals surface area (Å²) in [5.74, 6) is 0.00264. The van der Waals surface area contributed by atoms with Crippen LogP contribution in [-0.2, 0) is 0 Å². The van der Waals surface area contributed by atoms with Crippen LogP contribution in [0.4, 0.5) is 0 Å². The van der Waals surface area contributed by atoms with Crippen LogP contribution in [0.5, 0.6) is 11.5 Å². The van der Waals surface area contributed by atoms with E-state index in [1.807, 2.05) is 25.1 Å². The van der Waals surface area contributed by atoms with Crippen LogP contribution in [-0.4, -0.2) is 35.7 Å². The van der Waals surface area contributed by atoms with Crippen molar-refractivity contribution in [2.24, 2.45) is 0 Å². The van der Waals surface area contributed by atoms with Gasteiger partial charge in [0.2, 0.25) is 0 Å². The van der Waals surface area contributed by atoms with Gasteiger partial charge in [-0.05, 0) is 30.7 Å². The summed E-state index contributed by atoms with van der Waals surface area (Å²) in [5.41, 5.74) is 6.01. The molecule has 0 aliphatic carbocycles. The summed E-state index contributed by atoms with van der Waals surface area (Å²) < 4.78 is 10.8. The number of hydrogen-bond donors (Lipinski definition) is 3. The third kappa shape index (κ3) is 4.00. The van der Waals surface area contributed by atoms with Gasteiger partial charge in [0, 0.05) is 10.9 Å². The molecule has 0 aliphatic heterocycles. The fourth-order valence-corrected chi connectivity index (χ4v) is 2.52. The maximum absolute atomic E-state index is 12.3. The van der Waals surface area contributed by atoms with Crippen LogP contribution in [0, 0.1) is 0 Å². The van der Waals surface area contributed by atoms with E-state index in [0.717, 1.165) is 11.9 Å². The van der Waals surface area contributed by atoms with Crippen LogP contribution >= 0.6 is 0 Å². The van der Waals surface area contributed by atoms with E-state index in [0.29, 0.717) is 29.1 Å². The molecule has 1 aromatic heterocycles. The van der Waals surface area contributed by atoms with Crippen molar-refractivity contribution < 1.29 is 19.1 Å². The number of methoxy groups -OCH3 is 1. The number of rotatable bonds is 6. The number of amides is 2. The lowest BCUT2D eigenvalue weighted by molar-refractivity contribution is 0.0844. The Morgan fingerprint density at radius 3 is 2.63 bits per heavy atom. The average Bonchev–Trinajstić information content (AvgIpc) is 3.14.